The normalized spacial score (nSPS) is 23.0. The molecule has 3 rings (SSSR count). The van der Waals surface area contributed by atoms with Crippen LogP contribution in [0.4, 0.5) is 8.78 Å². The van der Waals surface area contributed by atoms with Crippen molar-refractivity contribution in [2.45, 2.75) is 62.9 Å². The number of carboxylic acid groups (broad SMARTS) is 1. The number of carboxylic acids is 1. The number of aliphatic carboxylic acids is 1. The Balaban J connectivity index is 1.86. The van der Waals surface area contributed by atoms with Gasteiger partial charge >= 0.3 is 5.97 Å². The Morgan fingerprint density at radius 3 is 2.41 bits per heavy atom. The van der Waals surface area contributed by atoms with Crippen molar-refractivity contribution in [1.29, 1.82) is 0 Å². The number of ether oxygens (including phenoxy) is 1. The van der Waals surface area contributed by atoms with E-state index in [1.165, 1.54) is 0 Å². The van der Waals surface area contributed by atoms with Crippen LogP contribution in [0.25, 0.3) is 0 Å². The van der Waals surface area contributed by atoms with Crippen LogP contribution in [0.2, 0.25) is 0 Å². The fourth-order valence-electron chi connectivity index (χ4n) is 3.16. The lowest BCUT2D eigenvalue weighted by Crippen LogP contribution is -2.30. The number of benzene rings is 1. The highest BCUT2D eigenvalue weighted by atomic mass is 19.3. The molecule has 2 saturated carbocycles. The maximum Gasteiger partial charge on any atom is 0.348 e. The number of halogens is 2. The van der Waals surface area contributed by atoms with Gasteiger partial charge in [-0.25, -0.2) is 13.6 Å². The van der Waals surface area contributed by atoms with Crippen LogP contribution >= 0.6 is 0 Å². The molecule has 0 spiro atoms. The van der Waals surface area contributed by atoms with E-state index in [9.17, 15) is 18.7 Å². The van der Waals surface area contributed by atoms with E-state index in [2.05, 4.69) is 0 Å². The average molecular weight is 310 g/mol. The third-order valence-corrected chi connectivity index (χ3v) is 4.79. The van der Waals surface area contributed by atoms with Crippen LogP contribution in [-0.4, -0.2) is 22.6 Å². The zero-order chi connectivity index (χ0) is 16.0. The number of hydrogen-bond donors (Lipinski definition) is 1. The predicted molar refractivity (Wildman–Crippen MR) is 77.6 cm³/mol. The maximum absolute atomic E-state index is 13.4. The molecule has 0 aliphatic heterocycles. The second kappa shape index (κ2) is 5.21. The van der Waals surface area contributed by atoms with E-state index in [1.54, 1.807) is 0 Å². The predicted octanol–water partition coefficient (Wildman–Crippen LogP) is 4.28. The fourth-order valence-corrected chi connectivity index (χ4v) is 3.16. The van der Waals surface area contributed by atoms with E-state index in [0.717, 1.165) is 11.1 Å². The summed E-state index contributed by atoms with van der Waals surface area (Å²) in [4.78, 5) is 11.3. The Kier molecular flexibility index (Phi) is 3.62. The molecule has 5 heteroatoms. The highest BCUT2D eigenvalue weighted by Gasteiger charge is 2.54. The van der Waals surface area contributed by atoms with Crippen LogP contribution in [0.1, 0.15) is 55.6 Å². The van der Waals surface area contributed by atoms with Crippen LogP contribution in [0, 0.1) is 6.92 Å². The van der Waals surface area contributed by atoms with Gasteiger partial charge in [0.2, 0.25) is 11.5 Å². The third-order valence-electron chi connectivity index (χ3n) is 4.79. The van der Waals surface area contributed by atoms with Crippen molar-refractivity contribution in [1.82, 2.24) is 0 Å². The van der Waals surface area contributed by atoms with Gasteiger partial charge in [0, 0.05) is 25.7 Å². The molecule has 0 unspecified atom stereocenters. The summed E-state index contributed by atoms with van der Waals surface area (Å²) in [5.41, 5.74) is 0.629. The van der Waals surface area contributed by atoms with Gasteiger partial charge in [-0.1, -0.05) is 18.2 Å². The van der Waals surface area contributed by atoms with Crippen molar-refractivity contribution in [2.75, 3.05) is 0 Å². The smallest absolute Gasteiger partial charge is 0.348 e. The molecular formula is C17H20F2O3. The molecule has 1 aromatic carbocycles. The van der Waals surface area contributed by atoms with Gasteiger partial charge in [0.1, 0.15) is 5.75 Å². The highest BCUT2D eigenvalue weighted by molar-refractivity contribution is 5.81. The van der Waals surface area contributed by atoms with Crippen molar-refractivity contribution in [3.8, 4) is 5.75 Å². The number of rotatable bonds is 4. The summed E-state index contributed by atoms with van der Waals surface area (Å²) in [6.07, 6.45) is 1.59. The molecule has 0 heterocycles. The number of alkyl halides is 2. The maximum atomic E-state index is 13.4. The van der Waals surface area contributed by atoms with Crippen molar-refractivity contribution >= 4 is 5.97 Å². The van der Waals surface area contributed by atoms with Gasteiger partial charge in [-0.2, -0.15) is 0 Å². The molecule has 0 aromatic heterocycles. The molecule has 0 atom stereocenters. The Morgan fingerprint density at radius 1 is 1.23 bits per heavy atom. The monoisotopic (exact) mass is 310 g/mol. The van der Waals surface area contributed by atoms with Crippen molar-refractivity contribution in [3.05, 3.63) is 29.3 Å². The number of para-hydroxylation sites is 1. The first-order valence-electron chi connectivity index (χ1n) is 7.73. The van der Waals surface area contributed by atoms with Gasteiger partial charge in [0.15, 0.2) is 0 Å². The quantitative estimate of drug-likeness (QED) is 0.902. The van der Waals surface area contributed by atoms with Crippen LogP contribution < -0.4 is 4.74 Å². The van der Waals surface area contributed by atoms with E-state index in [4.69, 9.17) is 4.74 Å². The Hall–Kier alpha value is -1.65. The zero-order valence-electron chi connectivity index (χ0n) is 12.6. The standard InChI is InChI=1S/C17H20F2O3/c1-11-3-2-4-13(12-5-7-17(18,19)8-6-12)14(11)22-16(9-10-16)15(20)21/h2-4,12H,5-10H2,1H3,(H,20,21). The molecule has 22 heavy (non-hydrogen) atoms. The molecule has 2 aliphatic rings. The van der Waals surface area contributed by atoms with E-state index in [0.29, 0.717) is 31.4 Å². The molecule has 2 fully saturated rings. The Labute approximate surface area is 128 Å². The van der Waals surface area contributed by atoms with Crippen molar-refractivity contribution in [3.63, 3.8) is 0 Å². The number of aryl methyl sites for hydroxylation is 1. The zero-order valence-corrected chi connectivity index (χ0v) is 12.6. The summed E-state index contributed by atoms with van der Waals surface area (Å²) in [5, 5.41) is 9.30. The summed E-state index contributed by atoms with van der Waals surface area (Å²) in [5.74, 6) is -2.92. The number of carbonyl (C=O) groups is 1. The van der Waals surface area contributed by atoms with Gasteiger partial charge < -0.3 is 9.84 Å². The molecule has 0 radical (unpaired) electrons. The SMILES string of the molecule is Cc1cccc(C2CCC(F)(F)CC2)c1OC1(C(=O)O)CC1. The first-order chi connectivity index (χ1) is 10.3. The van der Waals surface area contributed by atoms with Gasteiger partial charge in [-0.05, 0) is 36.8 Å². The minimum atomic E-state index is -2.57. The summed E-state index contributed by atoms with van der Waals surface area (Å²) in [7, 11) is 0. The molecule has 0 amide bonds. The minimum Gasteiger partial charge on any atom is -0.478 e. The van der Waals surface area contributed by atoms with Gasteiger partial charge in [0.05, 0.1) is 0 Å². The van der Waals surface area contributed by atoms with E-state index in [-0.39, 0.29) is 18.8 Å². The van der Waals surface area contributed by atoms with Crippen LogP contribution in [0.15, 0.2) is 18.2 Å². The third kappa shape index (κ3) is 2.81. The lowest BCUT2D eigenvalue weighted by Gasteiger charge is -2.30. The Bertz CT molecular complexity index is 584. The van der Waals surface area contributed by atoms with Gasteiger partial charge in [0.25, 0.3) is 0 Å². The summed E-state index contributed by atoms with van der Waals surface area (Å²) in [6, 6.07) is 5.63. The summed E-state index contributed by atoms with van der Waals surface area (Å²) < 4.78 is 32.6. The molecule has 0 saturated heterocycles. The Morgan fingerprint density at radius 2 is 1.86 bits per heavy atom. The number of hydrogen-bond acceptors (Lipinski definition) is 2. The first kappa shape index (κ1) is 15.3. The second-order valence-corrected chi connectivity index (χ2v) is 6.52. The van der Waals surface area contributed by atoms with Gasteiger partial charge in [-0.15, -0.1) is 0 Å². The van der Waals surface area contributed by atoms with Crippen molar-refractivity contribution < 1.29 is 23.4 Å². The molecule has 1 N–H and O–H groups in total. The lowest BCUT2D eigenvalue weighted by atomic mass is 9.81. The molecule has 3 nitrogen and oxygen atoms in total. The van der Waals surface area contributed by atoms with Crippen LogP contribution in [-0.2, 0) is 4.79 Å². The van der Waals surface area contributed by atoms with Crippen LogP contribution in [0.5, 0.6) is 5.75 Å². The van der Waals surface area contributed by atoms with Crippen LogP contribution in [0.3, 0.4) is 0 Å². The lowest BCUT2D eigenvalue weighted by molar-refractivity contribution is -0.147. The topological polar surface area (TPSA) is 46.5 Å². The fraction of sp³-hybridized carbons (Fsp3) is 0.588. The average Bonchev–Trinajstić information content (AvgIpc) is 3.23. The van der Waals surface area contributed by atoms with E-state index in [1.807, 2.05) is 25.1 Å². The molecule has 2 aliphatic carbocycles. The molecule has 0 bridgehead atoms. The van der Waals surface area contributed by atoms with Crippen molar-refractivity contribution in [2.24, 2.45) is 0 Å². The molecular weight excluding hydrogens is 290 g/mol. The second-order valence-electron chi connectivity index (χ2n) is 6.52. The highest BCUT2D eigenvalue weighted by Crippen LogP contribution is 2.47. The molecule has 1 aromatic rings. The molecule has 120 valence electrons. The van der Waals surface area contributed by atoms with E-state index < -0.39 is 17.5 Å². The summed E-state index contributed by atoms with van der Waals surface area (Å²) in [6.45, 7) is 1.87. The minimum absolute atomic E-state index is 0.0131. The summed E-state index contributed by atoms with van der Waals surface area (Å²) >= 11 is 0. The largest absolute Gasteiger partial charge is 0.478 e. The van der Waals surface area contributed by atoms with Gasteiger partial charge in [-0.3, -0.25) is 0 Å². The van der Waals surface area contributed by atoms with E-state index >= 15 is 0 Å². The first-order valence-corrected chi connectivity index (χ1v) is 7.73.